The molecule has 100 valence electrons. The molecule has 0 aromatic heterocycles. The molecule has 0 aliphatic carbocycles. The first-order chi connectivity index (χ1) is 8.49. The van der Waals surface area contributed by atoms with E-state index in [1.165, 1.54) is 11.1 Å². The molecule has 0 aliphatic heterocycles. The minimum atomic E-state index is 0.0486. The molecule has 3 heteroatoms. The quantitative estimate of drug-likeness (QED) is 0.842. The van der Waals surface area contributed by atoms with E-state index in [1.54, 1.807) is 0 Å². The Labute approximate surface area is 110 Å². The molecule has 0 saturated heterocycles. The molecule has 3 nitrogen and oxygen atoms in total. The maximum Gasteiger partial charge on any atom is 0.223 e. The number of carbonyl (C=O) groups excluding carboxylic acids is 1. The highest BCUT2D eigenvalue weighted by atomic mass is 16.5. The van der Waals surface area contributed by atoms with E-state index in [0.29, 0.717) is 18.9 Å². The van der Waals surface area contributed by atoms with Crippen molar-refractivity contribution in [2.75, 3.05) is 13.2 Å². The van der Waals surface area contributed by atoms with Gasteiger partial charge in [-0.3, -0.25) is 4.79 Å². The summed E-state index contributed by atoms with van der Waals surface area (Å²) < 4.78 is 5.56. The van der Waals surface area contributed by atoms with Gasteiger partial charge in [0.15, 0.2) is 0 Å². The normalized spacial score (nSPS) is 10.5. The Morgan fingerprint density at radius 3 is 2.61 bits per heavy atom. The lowest BCUT2D eigenvalue weighted by Crippen LogP contribution is -2.28. The van der Waals surface area contributed by atoms with Gasteiger partial charge in [0.2, 0.25) is 5.91 Å². The van der Waals surface area contributed by atoms with Gasteiger partial charge in [-0.1, -0.05) is 19.9 Å². The van der Waals surface area contributed by atoms with E-state index in [-0.39, 0.29) is 5.91 Å². The maximum absolute atomic E-state index is 11.5. The molecule has 18 heavy (non-hydrogen) atoms. The van der Waals surface area contributed by atoms with Gasteiger partial charge in [-0.05, 0) is 43.0 Å². The van der Waals surface area contributed by atoms with E-state index in [0.717, 1.165) is 12.3 Å². The Hall–Kier alpha value is -1.51. The first kappa shape index (κ1) is 14.6. The Kier molecular flexibility index (Phi) is 5.69. The van der Waals surface area contributed by atoms with E-state index in [9.17, 15) is 4.79 Å². The van der Waals surface area contributed by atoms with Crippen molar-refractivity contribution in [3.8, 4) is 5.75 Å². The molecule has 1 amide bonds. The zero-order valence-electron chi connectivity index (χ0n) is 11.7. The van der Waals surface area contributed by atoms with Crippen molar-refractivity contribution >= 4 is 5.91 Å². The van der Waals surface area contributed by atoms with Crippen molar-refractivity contribution in [2.45, 2.75) is 34.1 Å². The average Bonchev–Trinajstić information content (AvgIpc) is 2.31. The summed E-state index contributed by atoms with van der Waals surface area (Å²) in [5.74, 6) is 1.36. The molecular formula is C15H23NO2. The summed E-state index contributed by atoms with van der Waals surface area (Å²) in [7, 11) is 0. The lowest BCUT2D eigenvalue weighted by atomic mass is 10.1. The zero-order valence-corrected chi connectivity index (χ0v) is 11.7. The number of ether oxygens (including phenoxy) is 1. The van der Waals surface area contributed by atoms with Crippen molar-refractivity contribution in [2.24, 2.45) is 5.92 Å². The molecule has 0 heterocycles. The number of hydrogen-bond donors (Lipinski definition) is 1. The first-order valence-corrected chi connectivity index (χ1v) is 6.46. The number of aryl methyl sites for hydroxylation is 2. The van der Waals surface area contributed by atoms with Crippen LogP contribution >= 0.6 is 0 Å². The second-order valence-electron chi connectivity index (χ2n) is 5.04. The molecule has 0 saturated carbocycles. The molecule has 0 aliphatic rings. The highest BCUT2D eigenvalue weighted by Crippen LogP contribution is 2.16. The fourth-order valence-electron chi connectivity index (χ4n) is 1.47. The van der Waals surface area contributed by atoms with Crippen LogP contribution in [-0.2, 0) is 4.79 Å². The van der Waals surface area contributed by atoms with Crippen molar-refractivity contribution in [3.05, 3.63) is 29.3 Å². The minimum absolute atomic E-state index is 0.0486. The third-order valence-corrected chi connectivity index (χ3v) is 2.78. The highest BCUT2D eigenvalue weighted by molar-refractivity contribution is 5.75. The highest BCUT2D eigenvalue weighted by Gasteiger charge is 2.03. The van der Waals surface area contributed by atoms with E-state index < -0.39 is 0 Å². The van der Waals surface area contributed by atoms with Crippen LogP contribution in [0.15, 0.2) is 18.2 Å². The summed E-state index contributed by atoms with van der Waals surface area (Å²) in [6, 6.07) is 5.97. The van der Waals surface area contributed by atoms with Crippen molar-refractivity contribution in [1.82, 2.24) is 5.32 Å². The predicted molar refractivity (Wildman–Crippen MR) is 73.9 cm³/mol. The van der Waals surface area contributed by atoms with Crippen molar-refractivity contribution < 1.29 is 9.53 Å². The zero-order chi connectivity index (χ0) is 13.5. The number of amides is 1. The van der Waals surface area contributed by atoms with E-state index in [1.807, 2.05) is 18.2 Å². The van der Waals surface area contributed by atoms with Gasteiger partial charge in [-0.25, -0.2) is 0 Å². The van der Waals surface area contributed by atoms with Gasteiger partial charge >= 0.3 is 0 Å². The molecular weight excluding hydrogens is 226 g/mol. The fraction of sp³-hybridized carbons (Fsp3) is 0.533. The smallest absolute Gasteiger partial charge is 0.223 e. The van der Waals surface area contributed by atoms with Crippen molar-refractivity contribution in [1.29, 1.82) is 0 Å². The summed E-state index contributed by atoms with van der Waals surface area (Å²) in [4.78, 5) is 11.5. The Morgan fingerprint density at radius 1 is 1.28 bits per heavy atom. The summed E-state index contributed by atoms with van der Waals surface area (Å²) in [6.45, 7) is 9.42. The van der Waals surface area contributed by atoms with Gasteiger partial charge in [-0.2, -0.15) is 0 Å². The fourth-order valence-corrected chi connectivity index (χ4v) is 1.47. The largest absolute Gasteiger partial charge is 0.493 e. The van der Waals surface area contributed by atoms with Gasteiger partial charge in [0.1, 0.15) is 5.75 Å². The van der Waals surface area contributed by atoms with Crippen LogP contribution in [0.1, 0.15) is 31.4 Å². The molecule has 1 N–H and O–H groups in total. The molecule has 0 spiro atoms. The molecule has 1 aromatic carbocycles. The topological polar surface area (TPSA) is 38.3 Å². The van der Waals surface area contributed by atoms with Crippen LogP contribution < -0.4 is 10.1 Å². The second kappa shape index (κ2) is 7.04. The van der Waals surface area contributed by atoms with Crippen LogP contribution in [0.3, 0.4) is 0 Å². The summed E-state index contributed by atoms with van der Waals surface area (Å²) >= 11 is 0. The average molecular weight is 249 g/mol. The minimum Gasteiger partial charge on any atom is -0.493 e. The Morgan fingerprint density at radius 2 is 2.00 bits per heavy atom. The lowest BCUT2D eigenvalue weighted by molar-refractivity contribution is -0.121. The number of rotatable bonds is 6. The van der Waals surface area contributed by atoms with Gasteiger partial charge in [0, 0.05) is 6.54 Å². The maximum atomic E-state index is 11.5. The summed E-state index contributed by atoms with van der Waals surface area (Å²) in [5, 5.41) is 2.87. The van der Waals surface area contributed by atoms with Crippen LogP contribution in [0, 0.1) is 19.8 Å². The van der Waals surface area contributed by atoms with Gasteiger partial charge in [0.05, 0.1) is 13.0 Å². The predicted octanol–water partition coefficient (Wildman–Crippen LogP) is 2.84. The molecule has 0 unspecified atom stereocenters. The monoisotopic (exact) mass is 249 g/mol. The number of nitrogens with one attached hydrogen (secondary N) is 1. The third-order valence-electron chi connectivity index (χ3n) is 2.78. The first-order valence-electron chi connectivity index (χ1n) is 6.46. The Bertz CT molecular complexity index is 399. The SMILES string of the molecule is Cc1ccc(OCCC(=O)NCC(C)C)cc1C. The van der Waals surface area contributed by atoms with E-state index >= 15 is 0 Å². The van der Waals surface area contributed by atoms with Gasteiger partial charge in [0.25, 0.3) is 0 Å². The van der Waals surface area contributed by atoms with Crippen LogP contribution in [0.4, 0.5) is 0 Å². The molecule has 1 rings (SSSR count). The van der Waals surface area contributed by atoms with Crippen LogP contribution in [-0.4, -0.2) is 19.1 Å². The van der Waals surface area contributed by atoms with Gasteiger partial charge < -0.3 is 10.1 Å². The lowest BCUT2D eigenvalue weighted by Gasteiger charge is -2.09. The summed E-state index contributed by atoms with van der Waals surface area (Å²) in [5.41, 5.74) is 2.45. The molecule has 0 bridgehead atoms. The van der Waals surface area contributed by atoms with Gasteiger partial charge in [-0.15, -0.1) is 0 Å². The van der Waals surface area contributed by atoms with Crippen LogP contribution in [0.25, 0.3) is 0 Å². The van der Waals surface area contributed by atoms with Crippen molar-refractivity contribution in [3.63, 3.8) is 0 Å². The molecule has 0 radical (unpaired) electrons. The van der Waals surface area contributed by atoms with Crippen LogP contribution in [0.2, 0.25) is 0 Å². The molecule has 1 aromatic rings. The summed E-state index contributed by atoms with van der Waals surface area (Å²) in [6.07, 6.45) is 0.402. The number of hydrogen-bond acceptors (Lipinski definition) is 2. The number of carbonyl (C=O) groups is 1. The standard InChI is InChI=1S/C15H23NO2/c1-11(2)10-16-15(17)7-8-18-14-6-5-12(3)13(4)9-14/h5-6,9,11H,7-8,10H2,1-4H3,(H,16,17). The molecule has 0 fully saturated rings. The van der Waals surface area contributed by atoms with E-state index in [2.05, 4.69) is 33.0 Å². The second-order valence-corrected chi connectivity index (χ2v) is 5.04. The Balaban J connectivity index is 2.28. The number of benzene rings is 1. The third kappa shape index (κ3) is 5.21. The van der Waals surface area contributed by atoms with Crippen LogP contribution in [0.5, 0.6) is 5.75 Å². The van der Waals surface area contributed by atoms with E-state index in [4.69, 9.17) is 4.74 Å². The molecule has 0 atom stereocenters.